The standard InChI is InChI=1S/C22H20ClF3N6O4S/c1-11(2)18(28-20(34)12-4-3-5-14(8-12)32(35)36)19-29-21(31-30-19)37-10-17(33)27-16-9-13(22(24,25)26)6-7-15(16)23/h3-9,11,18H,10H2,1-2H3,(H,27,33)(H,28,34)(H,29,30,31)/t18-/m1/s1. The number of anilines is 1. The van der Waals surface area contributed by atoms with E-state index in [2.05, 4.69) is 25.8 Å². The summed E-state index contributed by atoms with van der Waals surface area (Å²) in [5.41, 5.74) is -1.26. The monoisotopic (exact) mass is 556 g/mol. The normalized spacial score (nSPS) is 12.3. The zero-order valence-electron chi connectivity index (χ0n) is 19.3. The predicted octanol–water partition coefficient (Wildman–Crippen LogP) is 5.24. The average Bonchev–Trinajstić information content (AvgIpc) is 3.30. The van der Waals surface area contributed by atoms with Crippen LogP contribution in [0.1, 0.15) is 41.6 Å². The molecule has 1 atom stereocenters. The Bertz CT molecular complexity index is 1320. The number of alkyl halides is 3. The van der Waals surface area contributed by atoms with Crippen LogP contribution in [0.15, 0.2) is 47.6 Å². The third kappa shape index (κ3) is 7.43. The molecule has 2 amide bonds. The van der Waals surface area contributed by atoms with E-state index in [4.69, 9.17) is 11.6 Å². The fourth-order valence-corrected chi connectivity index (χ4v) is 3.88. The number of hydrogen-bond donors (Lipinski definition) is 3. The summed E-state index contributed by atoms with van der Waals surface area (Å²) in [5, 5.41) is 22.9. The number of nitrogens with one attached hydrogen (secondary N) is 3. The van der Waals surface area contributed by atoms with Crippen LogP contribution in [0.4, 0.5) is 24.5 Å². The van der Waals surface area contributed by atoms with Gasteiger partial charge in [0.25, 0.3) is 11.6 Å². The number of benzene rings is 2. The first-order chi connectivity index (χ1) is 17.3. The highest BCUT2D eigenvalue weighted by atomic mass is 35.5. The molecule has 37 heavy (non-hydrogen) atoms. The number of aromatic nitrogens is 3. The number of nitrogens with zero attached hydrogens (tertiary/aromatic N) is 3. The molecule has 0 fully saturated rings. The molecule has 0 aliphatic heterocycles. The van der Waals surface area contributed by atoms with Gasteiger partial charge in [0.05, 0.1) is 33.0 Å². The second-order valence-corrected chi connectivity index (χ2v) is 9.38. The number of thioether (sulfide) groups is 1. The van der Waals surface area contributed by atoms with Crippen LogP contribution in [0.25, 0.3) is 0 Å². The van der Waals surface area contributed by atoms with E-state index in [1.54, 1.807) is 0 Å². The van der Waals surface area contributed by atoms with Crippen molar-refractivity contribution in [3.8, 4) is 0 Å². The van der Waals surface area contributed by atoms with Gasteiger partial charge in [-0.05, 0) is 30.2 Å². The van der Waals surface area contributed by atoms with E-state index >= 15 is 0 Å². The van der Waals surface area contributed by atoms with E-state index in [1.165, 1.54) is 18.2 Å². The van der Waals surface area contributed by atoms with Crippen molar-refractivity contribution in [3.05, 3.63) is 74.6 Å². The summed E-state index contributed by atoms with van der Waals surface area (Å²) in [5.74, 6) is -1.27. The number of non-ortho nitro benzene ring substituents is 1. The molecule has 2 aromatic carbocycles. The lowest BCUT2D eigenvalue weighted by Crippen LogP contribution is -2.32. The van der Waals surface area contributed by atoms with Crippen molar-refractivity contribution < 1.29 is 27.7 Å². The zero-order valence-corrected chi connectivity index (χ0v) is 20.9. The van der Waals surface area contributed by atoms with Gasteiger partial charge in [-0.15, -0.1) is 5.10 Å². The molecule has 0 saturated carbocycles. The van der Waals surface area contributed by atoms with E-state index in [0.717, 1.165) is 36.0 Å². The van der Waals surface area contributed by atoms with Crippen molar-refractivity contribution in [2.75, 3.05) is 11.1 Å². The number of carbonyl (C=O) groups excluding carboxylic acids is 2. The first-order valence-electron chi connectivity index (χ1n) is 10.6. The fraction of sp³-hybridized carbons (Fsp3) is 0.273. The third-order valence-electron chi connectivity index (χ3n) is 4.95. The Kier molecular flexibility index (Phi) is 8.76. The van der Waals surface area contributed by atoms with Crippen molar-refractivity contribution in [1.82, 2.24) is 20.5 Å². The second-order valence-electron chi connectivity index (χ2n) is 8.04. The number of H-pyrrole nitrogens is 1. The number of amides is 2. The van der Waals surface area contributed by atoms with Gasteiger partial charge in [0.2, 0.25) is 11.1 Å². The minimum absolute atomic E-state index is 0.0502. The minimum atomic E-state index is -4.59. The summed E-state index contributed by atoms with van der Waals surface area (Å²) in [4.78, 5) is 39.6. The van der Waals surface area contributed by atoms with Crippen LogP contribution in [-0.4, -0.2) is 37.7 Å². The van der Waals surface area contributed by atoms with Gasteiger partial charge in [0.1, 0.15) is 5.82 Å². The van der Waals surface area contributed by atoms with E-state index in [9.17, 15) is 32.9 Å². The van der Waals surface area contributed by atoms with Gasteiger partial charge in [-0.3, -0.25) is 24.8 Å². The Balaban J connectivity index is 1.64. The smallest absolute Gasteiger partial charge is 0.342 e. The SMILES string of the molecule is CC(C)[C@@H](NC(=O)c1cccc([N+](=O)[O-])c1)c1nc(SCC(=O)Nc2cc(C(F)(F)F)ccc2Cl)n[nH]1. The molecule has 0 bridgehead atoms. The Hall–Kier alpha value is -3.65. The van der Waals surface area contributed by atoms with Gasteiger partial charge in [-0.25, -0.2) is 4.98 Å². The van der Waals surface area contributed by atoms with Crippen LogP contribution in [0.5, 0.6) is 0 Å². The zero-order chi connectivity index (χ0) is 27.3. The van der Waals surface area contributed by atoms with Crippen molar-refractivity contribution in [1.29, 1.82) is 0 Å². The first-order valence-corrected chi connectivity index (χ1v) is 12.0. The molecule has 0 radical (unpaired) electrons. The van der Waals surface area contributed by atoms with E-state index in [-0.39, 0.29) is 44.6 Å². The second kappa shape index (κ2) is 11.6. The minimum Gasteiger partial charge on any atom is -0.342 e. The molecule has 3 aromatic rings. The molecule has 0 saturated heterocycles. The van der Waals surface area contributed by atoms with Gasteiger partial charge in [-0.2, -0.15) is 13.2 Å². The fourth-order valence-electron chi connectivity index (χ4n) is 3.11. The van der Waals surface area contributed by atoms with E-state index in [1.807, 2.05) is 13.8 Å². The largest absolute Gasteiger partial charge is 0.416 e. The highest BCUT2D eigenvalue weighted by Gasteiger charge is 2.31. The molecule has 15 heteroatoms. The Labute approximate surface area is 217 Å². The Morgan fingerprint density at radius 2 is 1.95 bits per heavy atom. The molecule has 0 aliphatic rings. The van der Waals surface area contributed by atoms with Crippen molar-refractivity contribution in [2.24, 2.45) is 5.92 Å². The molecule has 1 heterocycles. The van der Waals surface area contributed by atoms with Crippen LogP contribution >= 0.6 is 23.4 Å². The van der Waals surface area contributed by atoms with Crippen LogP contribution < -0.4 is 10.6 Å². The number of nitro groups is 1. The number of rotatable bonds is 9. The molecule has 0 aliphatic carbocycles. The Morgan fingerprint density at radius 1 is 1.22 bits per heavy atom. The summed E-state index contributed by atoms with van der Waals surface area (Å²) in [6.07, 6.45) is -4.59. The molecule has 0 unspecified atom stereocenters. The maximum Gasteiger partial charge on any atom is 0.416 e. The van der Waals surface area contributed by atoms with Crippen LogP contribution in [-0.2, 0) is 11.0 Å². The Morgan fingerprint density at radius 3 is 2.59 bits per heavy atom. The predicted molar refractivity (Wildman–Crippen MR) is 130 cm³/mol. The highest BCUT2D eigenvalue weighted by molar-refractivity contribution is 7.99. The molecular weight excluding hydrogens is 537 g/mol. The van der Waals surface area contributed by atoms with E-state index in [0.29, 0.717) is 0 Å². The molecule has 0 spiro atoms. The summed E-state index contributed by atoms with van der Waals surface area (Å²) in [7, 11) is 0. The van der Waals surface area contributed by atoms with Crippen LogP contribution in [0, 0.1) is 16.0 Å². The van der Waals surface area contributed by atoms with Gasteiger partial charge in [0, 0.05) is 17.7 Å². The first kappa shape index (κ1) is 27.9. The molecule has 10 nitrogen and oxygen atoms in total. The molecule has 3 rings (SSSR count). The molecule has 1 aromatic heterocycles. The molecular formula is C22H20ClF3N6O4S. The third-order valence-corrected chi connectivity index (χ3v) is 6.13. The summed E-state index contributed by atoms with van der Waals surface area (Å²) >= 11 is 6.81. The van der Waals surface area contributed by atoms with Crippen LogP contribution in [0.3, 0.4) is 0 Å². The van der Waals surface area contributed by atoms with Gasteiger partial charge in [0.15, 0.2) is 0 Å². The topological polar surface area (TPSA) is 143 Å². The molecule has 196 valence electrons. The summed E-state index contributed by atoms with van der Waals surface area (Å²) in [6, 6.07) is 7.23. The highest BCUT2D eigenvalue weighted by Crippen LogP contribution is 2.34. The average molecular weight is 557 g/mol. The number of aromatic amines is 1. The molecule has 3 N–H and O–H groups in total. The maximum atomic E-state index is 12.9. The lowest BCUT2D eigenvalue weighted by Gasteiger charge is -2.19. The maximum absolute atomic E-state index is 12.9. The van der Waals surface area contributed by atoms with Gasteiger partial charge < -0.3 is 10.6 Å². The number of halogens is 4. The number of nitro benzene ring substituents is 1. The van der Waals surface area contributed by atoms with Crippen molar-refractivity contribution in [2.45, 2.75) is 31.2 Å². The quantitative estimate of drug-likeness (QED) is 0.186. The summed E-state index contributed by atoms with van der Waals surface area (Å²) < 4.78 is 38.8. The lowest BCUT2D eigenvalue weighted by atomic mass is 10.0. The van der Waals surface area contributed by atoms with Crippen molar-refractivity contribution >= 4 is 46.6 Å². The van der Waals surface area contributed by atoms with Crippen molar-refractivity contribution in [3.63, 3.8) is 0 Å². The summed E-state index contributed by atoms with van der Waals surface area (Å²) in [6.45, 7) is 3.64. The lowest BCUT2D eigenvalue weighted by molar-refractivity contribution is -0.384. The number of carbonyl (C=O) groups is 2. The van der Waals surface area contributed by atoms with Crippen LogP contribution in [0.2, 0.25) is 5.02 Å². The van der Waals surface area contributed by atoms with E-state index < -0.39 is 34.5 Å². The van der Waals surface area contributed by atoms with Gasteiger partial charge >= 0.3 is 6.18 Å². The number of hydrogen-bond acceptors (Lipinski definition) is 7. The van der Waals surface area contributed by atoms with Gasteiger partial charge in [-0.1, -0.05) is 43.3 Å².